The zero-order chi connectivity index (χ0) is 12.0. The molecule has 1 amide bonds. The minimum Gasteiger partial charge on any atom is -0.350 e. The van der Waals surface area contributed by atoms with Gasteiger partial charge in [0.15, 0.2) is 0 Å². The smallest absolute Gasteiger partial charge is 0.246 e. The van der Waals surface area contributed by atoms with Gasteiger partial charge in [-0.1, -0.05) is 19.9 Å². The summed E-state index contributed by atoms with van der Waals surface area (Å²) in [4.78, 5) is 13.8. The maximum absolute atomic E-state index is 11.4. The summed E-state index contributed by atoms with van der Waals surface area (Å²) in [6, 6.07) is 0. The van der Waals surface area contributed by atoms with Gasteiger partial charge in [0.2, 0.25) is 5.91 Å². The predicted molar refractivity (Wildman–Crippen MR) is 70.6 cm³/mol. The van der Waals surface area contributed by atoms with E-state index in [1.807, 2.05) is 11.8 Å². The highest BCUT2D eigenvalue weighted by Crippen LogP contribution is 2.23. The van der Waals surface area contributed by atoms with Crippen LogP contribution in [0.4, 0.5) is 0 Å². The SMILES string of the molecule is C=C(C)C(=O)NCC1SCCN1CCCC. The quantitative estimate of drug-likeness (QED) is 0.722. The van der Waals surface area contributed by atoms with Crippen LogP contribution in [0.15, 0.2) is 12.2 Å². The summed E-state index contributed by atoms with van der Waals surface area (Å²) in [6.45, 7) is 10.6. The van der Waals surface area contributed by atoms with E-state index in [1.165, 1.54) is 18.6 Å². The third-order valence-electron chi connectivity index (χ3n) is 2.72. The van der Waals surface area contributed by atoms with Gasteiger partial charge in [-0.15, -0.1) is 11.8 Å². The summed E-state index contributed by atoms with van der Waals surface area (Å²) in [5, 5.41) is 3.38. The van der Waals surface area contributed by atoms with E-state index < -0.39 is 0 Å². The zero-order valence-electron chi connectivity index (χ0n) is 10.3. The molecule has 3 nitrogen and oxygen atoms in total. The van der Waals surface area contributed by atoms with E-state index in [-0.39, 0.29) is 5.91 Å². The second-order valence-corrected chi connectivity index (χ2v) is 5.49. The van der Waals surface area contributed by atoms with Crippen LogP contribution in [-0.4, -0.2) is 41.6 Å². The molecule has 0 aromatic rings. The molecule has 0 aromatic carbocycles. The van der Waals surface area contributed by atoms with Crippen molar-refractivity contribution in [1.82, 2.24) is 10.2 Å². The van der Waals surface area contributed by atoms with Crippen molar-refractivity contribution >= 4 is 17.7 Å². The number of nitrogens with zero attached hydrogens (tertiary/aromatic N) is 1. The highest BCUT2D eigenvalue weighted by atomic mass is 32.2. The molecular weight excluding hydrogens is 220 g/mol. The molecule has 0 saturated carbocycles. The van der Waals surface area contributed by atoms with Crippen molar-refractivity contribution in [3.05, 3.63) is 12.2 Å². The predicted octanol–water partition coefficient (Wildman–Crippen LogP) is 1.85. The maximum atomic E-state index is 11.4. The molecule has 0 radical (unpaired) electrons. The number of thioether (sulfide) groups is 1. The highest BCUT2D eigenvalue weighted by molar-refractivity contribution is 8.00. The van der Waals surface area contributed by atoms with Crippen LogP contribution in [0.1, 0.15) is 26.7 Å². The van der Waals surface area contributed by atoms with Crippen LogP contribution in [0.3, 0.4) is 0 Å². The lowest BCUT2D eigenvalue weighted by molar-refractivity contribution is -0.117. The van der Waals surface area contributed by atoms with Gasteiger partial charge in [0.05, 0.1) is 5.37 Å². The van der Waals surface area contributed by atoms with Gasteiger partial charge in [-0.25, -0.2) is 0 Å². The van der Waals surface area contributed by atoms with Crippen LogP contribution in [0.25, 0.3) is 0 Å². The molecule has 1 aliphatic rings. The first-order chi connectivity index (χ1) is 7.65. The minimum atomic E-state index is -0.0251. The fraction of sp³-hybridized carbons (Fsp3) is 0.750. The molecule has 4 heteroatoms. The fourth-order valence-electron chi connectivity index (χ4n) is 1.69. The maximum Gasteiger partial charge on any atom is 0.246 e. The first kappa shape index (κ1) is 13.6. The molecule has 1 aliphatic heterocycles. The number of rotatable bonds is 6. The Morgan fingerprint density at radius 3 is 3.00 bits per heavy atom. The van der Waals surface area contributed by atoms with Gasteiger partial charge in [-0.05, 0) is 19.9 Å². The molecule has 1 N–H and O–H groups in total. The van der Waals surface area contributed by atoms with Crippen LogP contribution in [0.2, 0.25) is 0 Å². The van der Waals surface area contributed by atoms with Crippen LogP contribution >= 0.6 is 11.8 Å². The molecular formula is C12H22N2OS. The molecule has 0 spiro atoms. The van der Waals surface area contributed by atoms with Gasteiger partial charge in [-0.3, -0.25) is 9.69 Å². The summed E-state index contributed by atoms with van der Waals surface area (Å²) >= 11 is 1.94. The number of nitrogens with one attached hydrogen (secondary N) is 1. The van der Waals surface area contributed by atoms with E-state index in [4.69, 9.17) is 0 Å². The zero-order valence-corrected chi connectivity index (χ0v) is 11.1. The molecule has 1 fully saturated rings. The number of amides is 1. The molecule has 92 valence electrons. The van der Waals surface area contributed by atoms with Crippen molar-refractivity contribution in [3.8, 4) is 0 Å². The Kier molecular flexibility index (Phi) is 5.91. The third-order valence-corrected chi connectivity index (χ3v) is 3.99. The lowest BCUT2D eigenvalue weighted by Crippen LogP contribution is -2.39. The summed E-state index contributed by atoms with van der Waals surface area (Å²) in [5.74, 6) is 1.15. The summed E-state index contributed by atoms with van der Waals surface area (Å²) in [6.07, 6.45) is 2.47. The van der Waals surface area contributed by atoms with E-state index in [2.05, 4.69) is 23.7 Å². The lowest BCUT2D eigenvalue weighted by Gasteiger charge is -2.23. The van der Waals surface area contributed by atoms with Crippen molar-refractivity contribution in [3.63, 3.8) is 0 Å². The number of hydrogen-bond donors (Lipinski definition) is 1. The molecule has 1 rings (SSSR count). The third kappa shape index (κ3) is 4.18. The Balaban J connectivity index is 2.29. The van der Waals surface area contributed by atoms with Gasteiger partial charge >= 0.3 is 0 Å². The molecule has 0 bridgehead atoms. The topological polar surface area (TPSA) is 32.3 Å². The minimum absolute atomic E-state index is 0.0251. The van der Waals surface area contributed by atoms with Gasteiger partial charge in [0.1, 0.15) is 0 Å². The van der Waals surface area contributed by atoms with Gasteiger partial charge < -0.3 is 5.32 Å². The number of unbranched alkanes of at least 4 members (excludes halogenated alkanes) is 1. The largest absolute Gasteiger partial charge is 0.350 e. The first-order valence-electron chi connectivity index (χ1n) is 5.94. The van der Waals surface area contributed by atoms with E-state index >= 15 is 0 Å². The Morgan fingerprint density at radius 2 is 2.38 bits per heavy atom. The lowest BCUT2D eigenvalue weighted by atomic mass is 10.3. The van der Waals surface area contributed by atoms with Crippen molar-refractivity contribution in [2.24, 2.45) is 0 Å². The summed E-state index contributed by atoms with van der Waals surface area (Å²) < 4.78 is 0. The summed E-state index contributed by atoms with van der Waals surface area (Å²) in [7, 11) is 0. The molecule has 1 saturated heterocycles. The van der Waals surface area contributed by atoms with Crippen LogP contribution in [-0.2, 0) is 4.79 Å². The Hall–Kier alpha value is -0.480. The van der Waals surface area contributed by atoms with E-state index in [0.29, 0.717) is 10.9 Å². The number of carbonyl (C=O) groups excluding carboxylic acids is 1. The standard InChI is InChI=1S/C12H22N2OS/c1-4-5-6-14-7-8-16-11(14)9-13-12(15)10(2)3/h11H,2,4-9H2,1,3H3,(H,13,15). The van der Waals surface area contributed by atoms with Crippen molar-refractivity contribution in [2.75, 3.05) is 25.4 Å². The van der Waals surface area contributed by atoms with Crippen molar-refractivity contribution < 1.29 is 4.79 Å². The number of carbonyl (C=O) groups is 1. The molecule has 0 aliphatic carbocycles. The number of hydrogen-bond acceptors (Lipinski definition) is 3. The van der Waals surface area contributed by atoms with Crippen molar-refractivity contribution in [2.45, 2.75) is 32.1 Å². The van der Waals surface area contributed by atoms with Crippen molar-refractivity contribution in [1.29, 1.82) is 0 Å². The monoisotopic (exact) mass is 242 g/mol. The molecule has 1 atom stereocenters. The highest BCUT2D eigenvalue weighted by Gasteiger charge is 2.24. The van der Waals surface area contributed by atoms with E-state index in [1.54, 1.807) is 6.92 Å². The Bertz CT molecular complexity index is 255. The van der Waals surface area contributed by atoms with E-state index in [9.17, 15) is 4.79 Å². The summed E-state index contributed by atoms with van der Waals surface area (Å²) in [5.41, 5.74) is 0.586. The van der Waals surface area contributed by atoms with Gasteiger partial charge in [-0.2, -0.15) is 0 Å². The molecule has 1 unspecified atom stereocenters. The average molecular weight is 242 g/mol. The normalized spacial score (nSPS) is 21.0. The second kappa shape index (κ2) is 6.97. The Labute approximate surface area is 103 Å². The van der Waals surface area contributed by atoms with Crippen LogP contribution in [0, 0.1) is 0 Å². The van der Waals surface area contributed by atoms with Gasteiger partial charge in [0.25, 0.3) is 0 Å². The molecule has 16 heavy (non-hydrogen) atoms. The van der Waals surface area contributed by atoms with Gasteiger partial charge in [0, 0.05) is 24.4 Å². The van der Waals surface area contributed by atoms with Crippen LogP contribution in [0.5, 0.6) is 0 Å². The fourth-order valence-corrected chi connectivity index (χ4v) is 2.93. The van der Waals surface area contributed by atoms with E-state index in [0.717, 1.165) is 19.6 Å². The Morgan fingerprint density at radius 1 is 1.62 bits per heavy atom. The molecule has 1 heterocycles. The molecule has 0 aromatic heterocycles. The second-order valence-electron chi connectivity index (χ2n) is 4.21. The average Bonchev–Trinajstić information content (AvgIpc) is 2.70. The first-order valence-corrected chi connectivity index (χ1v) is 6.99. The van der Waals surface area contributed by atoms with Crippen LogP contribution < -0.4 is 5.32 Å².